The van der Waals surface area contributed by atoms with Crippen LogP contribution in [0.4, 0.5) is 10.2 Å². The number of carbonyl (C=O) groups is 1. The highest BCUT2D eigenvalue weighted by molar-refractivity contribution is 7.09. The van der Waals surface area contributed by atoms with Crippen LogP contribution >= 0.6 is 11.3 Å². The predicted molar refractivity (Wildman–Crippen MR) is 71.8 cm³/mol. The lowest BCUT2D eigenvalue weighted by Gasteiger charge is -2.08. The number of nitrogens with one attached hydrogen (secondary N) is 2. The summed E-state index contributed by atoms with van der Waals surface area (Å²) in [5.74, 6) is -0.594. The second-order valence-corrected chi connectivity index (χ2v) is 4.90. The topological polar surface area (TPSA) is 66.9 Å². The molecule has 5 nitrogen and oxygen atoms in total. The molecule has 0 aliphatic heterocycles. The average Bonchev–Trinajstić information content (AvgIpc) is 2.81. The minimum atomic E-state index is -0.548. The molecule has 0 saturated heterocycles. The van der Waals surface area contributed by atoms with Crippen LogP contribution in [0.15, 0.2) is 17.6 Å². The Kier molecular flexibility index (Phi) is 4.06. The van der Waals surface area contributed by atoms with Crippen molar-refractivity contribution in [3.8, 4) is 0 Å². The van der Waals surface area contributed by atoms with Crippen molar-refractivity contribution in [2.45, 2.75) is 13.5 Å². The molecule has 0 aliphatic carbocycles. The largest absolute Gasteiger partial charge is 0.372 e. The molecule has 0 atom stereocenters. The first-order valence-corrected chi connectivity index (χ1v) is 6.50. The summed E-state index contributed by atoms with van der Waals surface area (Å²) in [4.78, 5) is 20.0. The van der Waals surface area contributed by atoms with Crippen LogP contribution in [-0.2, 0) is 6.54 Å². The fraction of sp³-hybridized carbons (Fsp3) is 0.250. The first kappa shape index (κ1) is 13.4. The number of aryl methyl sites for hydroxylation is 1. The molecule has 2 heterocycles. The van der Waals surface area contributed by atoms with Gasteiger partial charge in [0.15, 0.2) is 0 Å². The number of thiazole rings is 1. The molecule has 0 fully saturated rings. The molecule has 0 bridgehead atoms. The molecule has 0 spiro atoms. The number of halogens is 1. The van der Waals surface area contributed by atoms with E-state index < -0.39 is 5.82 Å². The molecule has 2 aromatic rings. The number of nitrogens with zero attached hydrogens (tertiary/aromatic N) is 2. The van der Waals surface area contributed by atoms with Gasteiger partial charge < -0.3 is 10.6 Å². The van der Waals surface area contributed by atoms with Crippen LogP contribution in [0.3, 0.4) is 0 Å². The van der Waals surface area contributed by atoms with E-state index in [1.807, 2.05) is 12.3 Å². The van der Waals surface area contributed by atoms with Gasteiger partial charge in [0, 0.05) is 12.4 Å². The zero-order valence-corrected chi connectivity index (χ0v) is 11.3. The molecular weight excluding hydrogens is 267 g/mol. The zero-order chi connectivity index (χ0) is 13.8. The van der Waals surface area contributed by atoms with E-state index in [1.54, 1.807) is 7.05 Å². The summed E-state index contributed by atoms with van der Waals surface area (Å²) in [5.41, 5.74) is 0.959. The second kappa shape index (κ2) is 5.75. The normalized spacial score (nSPS) is 10.3. The molecule has 1 amide bonds. The standard InChI is InChI=1S/C12H13FN4OS/c1-7-17-9(6-19-7)5-16-12(18)10-3-8(13)4-15-11(10)14-2/h3-4,6H,5H2,1-2H3,(H,14,15)(H,16,18). The van der Waals surface area contributed by atoms with E-state index >= 15 is 0 Å². The Labute approximate surface area is 113 Å². The van der Waals surface area contributed by atoms with Gasteiger partial charge in [0.05, 0.1) is 29.0 Å². The van der Waals surface area contributed by atoms with Crippen molar-refractivity contribution in [2.24, 2.45) is 0 Å². The van der Waals surface area contributed by atoms with Gasteiger partial charge in [-0.3, -0.25) is 4.79 Å². The maximum atomic E-state index is 13.1. The van der Waals surface area contributed by atoms with Crippen molar-refractivity contribution >= 4 is 23.1 Å². The minimum absolute atomic E-state index is 0.175. The number of hydrogen-bond donors (Lipinski definition) is 2. The predicted octanol–water partition coefficient (Wildman–Crippen LogP) is 1.96. The first-order chi connectivity index (χ1) is 9.10. The zero-order valence-electron chi connectivity index (χ0n) is 10.5. The third kappa shape index (κ3) is 3.25. The summed E-state index contributed by atoms with van der Waals surface area (Å²) < 4.78 is 13.1. The van der Waals surface area contributed by atoms with Gasteiger partial charge >= 0.3 is 0 Å². The van der Waals surface area contributed by atoms with Crippen LogP contribution in [0.25, 0.3) is 0 Å². The molecule has 2 N–H and O–H groups in total. The number of rotatable bonds is 4. The fourth-order valence-corrected chi connectivity index (χ4v) is 2.18. The Bertz CT molecular complexity index is 599. The molecule has 2 aromatic heterocycles. The maximum absolute atomic E-state index is 13.1. The summed E-state index contributed by atoms with van der Waals surface area (Å²) >= 11 is 1.51. The highest BCUT2D eigenvalue weighted by Gasteiger charge is 2.13. The Balaban J connectivity index is 2.09. The summed E-state index contributed by atoms with van der Waals surface area (Å²) in [6, 6.07) is 1.15. The van der Waals surface area contributed by atoms with Gasteiger partial charge in [0.25, 0.3) is 5.91 Å². The molecule has 0 aliphatic rings. The van der Waals surface area contributed by atoms with E-state index in [-0.39, 0.29) is 11.5 Å². The molecule has 100 valence electrons. The molecule has 7 heteroatoms. The molecular formula is C12H13FN4OS. The Morgan fingerprint density at radius 2 is 2.32 bits per heavy atom. The van der Waals surface area contributed by atoms with Crippen molar-refractivity contribution in [2.75, 3.05) is 12.4 Å². The number of pyridine rings is 1. The minimum Gasteiger partial charge on any atom is -0.372 e. The lowest BCUT2D eigenvalue weighted by molar-refractivity contribution is 0.0950. The van der Waals surface area contributed by atoms with E-state index in [0.717, 1.165) is 23.0 Å². The van der Waals surface area contributed by atoms with E-state index in [4.69, 9.17) is 0 Å². The van der Waals surface area contributed by atoms with Crippen LogP contribution in [0, 0.1) is 12.7 Å². The van der Waals surface area contributed by atoms with Crippen LogP contribution in [-0.4, -0.2) is 22.9 Å². The number of anilines is 1. The monoisotopic (exact) mass is 280 g/mol. The quantitative estimate of drug-likeness (QED) is 0.898. The molecule has 0 radical (unpaired) electrons. The molecule has 0 saturated carbocycles. The van der Waals surface area contributed by atoms with Crippen molar-refractivity contribution in [1.82, 2.24) is 15.3 Å². The van der Waals surface area contributed by atoms with Gasteiger partial charge in [-0.1, -0.05) is 0 Å². The van der Waals surface area contributed by atoms with E-state index in [9.17, 15) is 9.18 Å². The average molecular weight is 280 g/mol. The smallest absolute Gasteiger partial charge is 0.255 e. The summed E-state index contributed by atoms with van der Waals surface area (Å²) in [5, 5.41) is 8.25. The molecule has 2 rings (SSSR count). The van der Waals surface area contributed by atoms with Gasteiger partial charge in [0.1, 0.15) is 11.6 Å². The number of aromatic nitrogens is 2. The van der Waals surface area contributed by atoms with Crippen molar-refractivity contribution in [3.05, 3.63) is 39.7 Å². The molecule has 0 unspecified atom stereocenters. The number of amides is 1. The van der Waals surface area contributed by atoms with Crippen LogP contribution in [0.2, 0.25) is 0 Å². The highest BCUT2D eigenvalue weighted by Crippen LogP contribution is 2.13. The summed E-state index contributed by atoms with van der Waals surface area (Å²) in [6.45, 7) is 2.20. The maximum Gasteiger partial charge on any atom is 0.255 e. The van der Waals surface area contributed by atoms with E-state index in [0.29, 0.717) is 12.4 Å². The Hall–Kier alpha value is -2.02. The third-order valence-electron chi connectivity index (χ3n) is 2.43. The lowest BCUT2D eigenvalue weighted by atomic mass is 10.2. The lowest BCUT2D eigenvalue weighted by Crippen LogP contribution is -2.24. The van der Waals surface area contributed by atoms with Crippen LogP contribution < -0.4 is 10.6 Å². The fourth-order valence-electron chi connectivity index (χ4n) is 1.57. The van der Waals surface area contributed by atoms with Gasteiger partial charge in [0.2, 0.25) is 0 Å². The van der Waals surface area contributed by atoms with E-state index in [2.05, 4.69) is 20.6 Å². The number of carbonyl (C=O) groups excluding carboxylic acids is 1. The third-order valence-corrected chi connectivity index (χ3v) is 3.25. The highest BCUT2D eigenvalue weighted by atomic mass is 32.1. The summed E-state index contributed by atoms with van der Waals surface area (Å²) in [7, 11) is 1.63. The Morgan fingerprint density at radius 1 is 1.53 bits per heavy atom. The first-order valence-electron chi connectivity index (χ1n) is 5.62. The van der Waals surface area contributed by atoms with Gasteiger partial charge in [-0.2, -0.15) is 0 Å². The number of hydrogen-bond acceptors (Lipinski definition) is 5. The Morgan fingerprint density at radius 3 is 2.95 bits per heavy atom. The van der Waals surface area contributed by atoms with Crippen molar-refractivity contribution in [1.29, 1.82) is 0 Å². The molecule has 19 heavy (non-hydrogen) atoms. The van der Waals surface area contributed by atoms with Gasteiger partial charge in [-0.05, 0) is 13.0 Å². The van der Waals surface area contributed by atoms with Gasteiger partial charge in [-0.15, -0.1) is 11.3 Å². The molecule has 0 aromatic carbocycles. The SMILES string of the molecule is CNc1ncc(F)cc1C(=O)NCc1csc(C)n1. The van der Waals surface area contributed by atoms with E-state index in [1.165, 1.54) is 11.3 Å². The van der Waals surface area contributed by atoms with Crippen LogP contribution in [0.5, 0.6) is 0 Å². The van der Waals surface area contributed by atoms with Crippen molar-refractivity contribution in [3.63, 3.8) is 0 Å². The van der Waals surface area contributed by atoms with Gasteiger partial charge in [-0.25, -0.2) is 14.4 Å². The van der Waals surface area contributed by atoms with Crippen molar-refractivity contribution < 1.29 is 9.18 Å². The van der Waals surface area contributed by atoms with Crippen LogP contribution in [0.1, 0.15) is 21.1 Å². The second-order valence-electron chi connectivity index (χ2n) is 3.84. The summed E-state index contributed by atoms with van der Waals surface area (Å²) in [6.07, 6.45) is 1.06.